The fourth-order valence-corrected chi connectivity index (χ4v) is 5.25. The third kappa shape index (κ3) is 13.3. The van der Waals surface area contributed by atoms with E-state index >= 15 is 0 Å². The van der Waals surface area contributed by atoms with E-state index in [2.05, 4.69) is 18.6 Å². The van der Waals surface area contributed by atoms with Crippen LogP contribution in [0.4, 0.5) is 0 Å². The summed E-state index contributed by atoms with van der Waals surface area (Å²) in [5, 5.41) is 21.2. The van der Waals surface area contributed by atoms with Crippen LogP contribution in [0.25, 0.3) is 0 Å². The van der Waals surface area contributed by atoms with Gasteiger partial charge in [-0.05, 0) is 42.8 Å². The van der Waals surface area contributed by atoms with Gasteiger partial charge in [-0.2, -0.15) is 0 Å². The predicted molar refractivity (Wildman–Crippen MR) is 127 cm³/mol. The molecule has 0 aliphatic heterocycles. The van der Waals surface area contributed by atoms with Gasteiger partial charge in [-0.3, -0.25) is 4.79 Å². The summed E-state index contributed by atoms with van der Waals surface area (Å²) >= 11 is 9.85. The summed E-state index contributed by atoms with van der Waals surface area (Å²) in [5.41, 5.74) is 0. The summed E-state index contributed by atoms with van der Waals surface area (Å²) in [6.45, 7) is 4.12. The van der Waals surface area contributed by atoms with E-state index in [1.807, 2.05) is 18.4 Å². The molecule has 9 heteroatoms. The highest BCUT2D eigenvalue weighted by atomic mass is 32.2. The van der Waals surface area contributed by atoms with Gasteiger partial charge in [0, 0.05) is 19.3 Å². The summed E-state index contributed by atoms with van der Waals surface area (Å²) < 4.78 is 10.7. The molecule has 0 spiro atoms. The van der Waals surface area contributed by atoms with Crippen LogP contribution in [0.2, 0.25) is 0 Å². The van der Waals surface area contributed by atoms with Gasteiger partial charge in [0.2, 0.25) is 4.38 Å². The van der Waals surface area contributed by atoms with Gasteiger partial charge < -0.3 is 19.7 Å². The number of aliphatic hydroxyl groups excluding tert-OH is 2. The second kappa shape index (κ2) is 17.9. The van der Waals surface area contributed by atoms with Crippen LogP contribution in [0.5, 0.6) is 0 Å². The number of aliphatic hydroxyl groups is 2. The molecule has 0 rings (SSSR count). The van der Waals surface area contributed by atoms with Crippen LogP contribution in [-0.4, -0.2) is 68.3 Å². The molecule has 0 bridgehead atoms. The molecule has 5 nitrogen and oxygen atoms in total. The highest BCUT2D eigenvalue weighted by Crippen LogP contribution is 2.29. The molecule has 0 saturated carbocycles. The Bertz CT molecular complexity index is 456. The molecule has 0 heterocycles. The van der Waals surface area contributed by atoms with Crippen LogP contribution in [-0.2, 0) is 14.3 Å². The largest absolute Gasteiger partial charge is 0.472 e. The highest BCUT2D eigenvalue weighted by molar-refractivity contribution is 8.22. The molecule has 0 fully saturated rings. The minimum absolute atomic E-state index is 0.0339. The van der Waals surface area contributed by atoms with E-state index in [0.29, 0.717) is 23.6 Å². The number of hydrogen-bond donors (Lipinski definition) is 2. The Morgan fingerprint density at radius 2 is 1.79 bits per heavy atom. The molecular weight excluding hydrogens is 436 g/mol. The standard InChI is InChI=1S/C19H34O5S4/c1-5-27-18(28-6-2)15(21)13-14(20)16(24-19(25)26-4)11-9-7-8-10-12-17(22)23-3/h7,9,14-16,18,20-21H,5-6,8,10-13H2,1-4H3/b9-7-/t14-,15+,16-/m0/s1. The molecule has 0 aromatic rings. The Morgan fingerprint density at radius 1 is 1.14 bits per heavy atom. The second-order valence-corrected chi connectivity index (χ2v) is 10.5. The van der Waals surface area contributed by atoms with Crippen molar-refractivity contribution in [1.82, 2.24) is 0 Å². The van der Waals surface area contributed by atoms with Crippen molar-refractivity contribution in [3.05, 3.63) is 12.2 Å². The van der Waals surface area contributed by atoms with Gasteiger partial charge in [-0.15, -0.1) is 23.5 Å². The zero-order valence-corrected chi connectivity index (χ0v) is 20.4. The van der Waals surface area contributed by atoms with Gasteiger partial charge in [0.05, 0.1) is 23.9 Å². The maximum Gasteiger partial charge on any atom is 0.305 e. The molecule has 0 aromatic carbocycles. The second-order valence-electron chi connectivity index (χ2n) is 5.94. The maximum atomic E-state index is 11.1. The predicted octanol–water partition coefficient (Wildman–Crippen LogP) is 4.25. The summed E-state index contributed by atoms with van der Waals surface area (Å²) in [7, 11) is 1.38. The molecule has 3 atom stereocenters. The molecule has 0 aromatic heterocycles. The first-order valence-electron chi connectivity index (χ1n) is 9.45. The zero-order chi connectivity index (χ0) is 21.4. The number of thioether (sulfide) groups is 3. The molecule has 0 aliphatic rings. The monoisotopic (exact) mass is 470 g/mol. The molecule has 0 unspecified atom stereocenters. The van der Waals surface area contributed by atoms with Gasteiger partial charge in [-0.25, -0.2) is 0 Å². The fraction of sp³-hybridized carbons (Fsp3) is 0.789. The lowest BCUT2D eigenvalue weighted by Crippen LogP contribution is -2.35. The molecular formula is C19H34O5S4. The Hall–Kier alpha value is 0.0700. The van der Waals surface area contributed by atoms with Crippen LogP contribution in [0.15, 0.2) is 12.2 Å². The van der Waals surface area contributed by atoms with E-state index in [0.717, 1.165) is 17.9 Å². The van der Waals surface area contributed by atoms with Gasteiger partial charge in [0.25, 0.3) is 0 Å². The molecule has 164 valence electrons. The van der Waals surface area contributed by atoms with Crippen molar-refractivity contribution >= 4 is 57.9 Å². The van der Waals surface area contributed by atoms with Gasteiger partial charge in [0.15, 0.2) is 0 Å². The number of carbonyl (C=O) groups excluding carboxylic acids is 1. The van der Waals surface area contributed by atoms with Crippen LogP contribution < -0.4 is 0 Å². The first-order valence-corrected chi connectivity index (χ1v) is 13.2. The first-order chi connectivity index (χ1) is 13.4. The molecule has 0 amide bonds. The van der Waals surface area contributed by atoms with Crippen LogP contribution in [0.3, 0.4) is 0 Å². The average Bonchev–Trinajstić information content (AvgIpc) is 2.68. The molecule has 0 aliphatic carbocycles. The van der Waals surface area contributed by atoms with Crippen molar-refractivity contribution in [2.75, 3.05) is 24.9 Å². The Morgan fingerprint density at radius 3 is 2.32 bits per heavy atom. The van der Waals surface area contributed by atoms with E-state index < -0.39 is 18.3 Å². The molecule has 0 saturated heterocycles. The van der Waals surface area contributed by atoms with Crippen molar-refractivity contribution in [2.45, 2.75) is 68.8 Å². The molecule has 28 heavy (non-hydrogen) atoms. The average molecular weight is 471 g/mol. The maximum absolute atomic E-state index is 11.1. The topological polar surface area (TPSA) is 76.0 Å². The van der Waals surface area contributed by atoms with E-state index in [-0.39, 0.29) is 17.0 Å². The fourth-order valence-electron chi connectivity index (χ4n) is 2.38. The van der Waals surface area contributed by atoms with Gasteiger partial charge in [-0.1, -0.05) is 37.8 Å². The summed E-state index contributed by atoms with van der Waals surface area (Å²) in [6, 6.07) is 0. The third-order valence-corrected chi connectivity index (χ3v) is 7.61. The van der Waals surface area contributed by atoms with Crippen LogP contribution >= 0.6 is 47.5 Å². The summed E-state index contributed by atoms with van der Waals surface area (Å²) in [5.74, 6) is 1.61. The third-order valence-electron chi connectivity index (χ3n) is 3.82. The van der Waals surface area contributed by atoms with Gasteiger partial charge in [0.1, 0.15) is 6.10 Å². The number of esters is 1. The summed E-state index contributed by atoms with van der Waals surface area (Å²) in [4.78, 5) is 11.1. The van der Waals surface area contributed by atoms with Crippen LogP contribution in [0.1, 0.15) is 46.0 Å². The lowest BCUT2D eigenvalue weighted by atomic mass is 10.0. The highest BCUT2D eigenvalue weighted by Gasteiger charge is 2.28. The van der Waals surface area contributed by atoms with E-state index in [4.69, 9.17) is 17.0 Å². The Kier molecular flexibility index (Phi) is 17.9. The van der Waals surface area contributed by atoms with Gasteiger partial charge >= 0.3 is 5.97 Å². The number of rotatable bonds is 15. The quantitative estimate of drug-likeness (QED) is 0.120. The normalized spacial score (nSPS) is 14.8. The summed E-state index contributed by atoms with van der Waals surface area (Å²) in [6.07, 6.45) is 6.34. The number of carbonyl (C=O) groups is 1. The number of thiocarbonyl (C=S) groups is 1. The van der Waals surface area contributed by atoms with Crippen molar-refractivity contribution in [3.63, 3.8) is 0 Å². The number of unbranched alkanes of at least 4 members (excludes halogenated alkanes) is 1. The Labute approximate surface area is 187 Å². The number of methoxy groups -OCH3 is 1. The van der Waals surface area contributed by atoms with E-state index in [1.165, 1.54) is 18.9 Å². The van der Waals surface area contributed by atoms with Crippen molar-refractivity contribution in [3.8, 4) is 0 Å². The van der Waals surface area contributed by atoms with E-state index in [1.54, 1.807) is 23.5 Å². The first kappa shape index (κ1) is 28.1. The van der Waals surface area contributed by atoms with Crippen molar-refractivity contribution in [2.24, 2.45) is 0 Å². The number of hydrogen-bond acceptors (Lipinski definition) is 9. The zero-order valence-electron chi connectivity index (χ0n) is 17.2. The lowest BCUT2D eigenvalue weighted by Gasteiger charge is -2.27. The van der Waals surface area contributed by atoms with Crippen molar-refractivity contribution in [1.29, 1.82) is 0 Å². The number of allylic oxidation sites excluding steroid dienone is 1. The smallest absolute Gasteiger partial charge is 0.305 e. The molecule has 2 N–H and O–H groups in total. The van der Waals surface area contributed by atoms with Crippen molar-refractivity contribution < 1.29 is 24.5 Å². The Balaban J connectivity index is 4.70. The minimum Gasteiger partial charge on any atom is -0.472 e. The SMILES string of the molecule is CCSC(SCC)[C@H](O)C[C@H](O)[C@H](C/C=C\CCCC(=O)OC)OC(=S)SC. The minimum atomic E-state index is -0.822. The van der Waals surface area contributed by atoms with Crippen LogP contribution in [0, 0.1) is 0 Å². The lowest BCUT2D eigenvalue weighted by molar-refractivity contribution is -0.140. The number of ether oxygens (including phenoxy) is 2. The van der Waals surface area contributed by atoms with E-state index in [9.17, 15) is 15.0 Å². The molecule has 0 radical (unpaired) electrons.